The molecule has 0 bridgehead atoms. The van der Waals surface area contributed by atoms with E-state index in [0.717, 1.165) is 6.42 Å². The van der Waals surface area contributed by atoms with Crippen LogP contribution >= 0.6 is 11.6 Å². The van der Waals surface area contributed by atoms with E-state index >= 15 is 0 Å². The van der Waals surface area contributed by atoms with Crippen molar-refractivity contribution in [2.45, 2.75) is 39.3 Å². The number of rotatable bonds is 5. The van der Waals surface area contributed by atoms with Gasteiger partial charge in [0.25, 0.3) is 5.91 Å². The van der Waals surface area contributed by atoms with Gasteiger partial charge < -0.3 is 10.1 Å². The van der Waals surface area contributed by atoms with Gasteiger partial charge in [0.2, 0.25) is 0 Å². The van der Waals surface area contributed by atoms with E-state index in [1.807, 2.05) is 13.8 Å². The Morgan fingerprint density at radius 1 is 1.35 bits per heavy atom. The summed E-state index contributed by atoms with van der Waals surface area (Å²) in [6, 6.07) is 7.12. The zero-order valence-corrected chi connectivity index (χ0v) is 11.1. The summed E-state index contributed by atoms with van der Waals surface area (Å²) >= 11 is 5.76. The maximum atomic E-state index is 11.7. The van der Waals surface area contributed by atoms with E-state index in [4.69, 9.17) is 16.3 Å². The summed E-state index contributed by atoms with van der Waals surface area (Å²) < 4.78 is 5.51. The Morgan fingerprint density at radius 3 is 2.47 bits per heavy atom. The van der Waals surface area contributed by atoms with Crippen LogP contribution in [0.25, 0.3) is 0 Å². The van der Waals surface area contributed by atoms with Gasteiger partial charge in [-0.05, 0) is 44.5 Å². The molecule has 1 rings (SSSR count). The number of halogens is 1. The Labute approximate surface area is 107 Å². The molecule has 94 valence electrons. The van der Waals surface area contributed by atoms with Gasteiger partial charge in [-0.2, -0.15) is 0 Å². The van der Waals surface area contributed by atoms with Gasteiger partial charge in [0.05, 0.1) is 0 Å². The van der Waals surface area contributed by atoms with E-state index in [0.29, 0.717) is 10.8 Å². The normalized spacial score (nSPS) is 13.9. The number of carbonyl (C=O) groups is 1. The van der Waals surface area contributed by atoms with Crippen molar-refractivity contribution >= 4 is 17.5 Å². The maximum absolute atomic E-state index is 11.7. The number of hydrogen-bond donors (Lipinski definition) is 1. The molecule has 1 aromatic carbocycles. The van der Waals surface area contributed by atoms with Gasteiger partial charge in [-0.1, -0.05) is 18.5 Å². The third-order valence-electron chi connectivity index (χ3n) is 2.50. The summed E-state index contributed by atoms with van der Waals surface area (Å²) in [4.78, 5) is 11.7. The summed E-state index contributed by atoms with van der Waals surface area (Å²) in [5.74, 6) is 0.538. The Balaban J connectivity index is 2.51. The van der Waals surface area contributed by atoms with E-state index in [1.165, 1.54) is 0 Å². The molecule has 17 heavy (non-hydrogen) atoms. The lowest BCUT2D eigenvalue weighted by molar-refractivity contribution is -0.127. The van der Waals surface area contributed by atoms with Crippen LogP contribution in [-0.2, 0) is 4.79 Å². The van der Waals surface area contributed by atoms with Crippen molar-refractivity contribution in [1.29, 1.82) is 0 Å². The lowest BCUT2D eigenvalue weighted by Gasteiger charge is -2.17. The van der Waals surface area contributed by atoms with Crippen LogP contribution in [-0.4, -0.2) is 18.1 Å². The molecule has 0 saturated carbocycles. The summed E-state index contributed by atoms with van der Waals surface area (Å²) in [6.45, 7) is 5.72. The fourth-order valence-corrected chi connectivity index (χ4v) is 1.36. The fraction of sp³-hybridized carbons (Fsp3) is 0.462. The second-order valence-electron chi connectivity index (χ2n) is 4.03. The highest BCUT2D eigenvalue weighted by Crippen LogP contribution is 2.16. The van der Waals surface area contributed by atoms with Gasteiger partial charge in [0.1, 0.15) is 5.75 Å². The molecular weight excluding hydrogens is 238 g/mol. The molecular formula is C13H18ClNO2. The highest BCUT2D eigenvalue weighted by molar-refractivity contribution is 6.30. The third-order valence-corrected chi connectivity index (χ3v) is 2.75. The van der Waals surface area contributed by atoms with Gasteiger partial charge in [-0.15, -0.1) is 0 Å². The van der Waals surface area contributed by atoms with Gasteiger partial charge >= 0.3 is 0 Å². The van der Waals surface area contributed by atoms with Crippen LogP contribution in [0.4, 0.5) is 0 Å². The first kappa shape index (κ1) is 13.8. The topological polar surface area (TPSA) is 38.3 Å². The van der Waals surface area contributed by atoms with Crippen molar-refractivity contribution in [2.24, 2.45) is 0 Å². The van der Waals surface area contributed by atoms with E-state index < -0.39 is 6.10 Å². The zero-order valence-electron chi connectivity index (χ0n) is 10.4. The SMILES string of the molecule is CC[C@@H](C)NC(=O)[C@@H](C)Oc1ccc(Cl)cc1. The fourth-order valence-electron chi connectivity index (χ4n) is 1.23. The minimum absolute atomic E-state index is 0.102. The summed E-state index contributed by atoms with van der Waals surface area (Å²) in [5, 5.41) is 3.52. The molecule has 1 amide bonds. The monoisotopic (exact) mass is 255 g/mol. The smallest absolute Gasteiger partial charge is 0.260 e. The van der Waals surface area contributed by atoms with Crippen molar-refractivity contribution in [3.05, 3.63) is 29.3 Å². The first-order valence-electron chi connectivity index (χ1n) is 5.75. The van der Waals surface area contributed by atoms with Gasteiger partial charge in [-0.3, -0.25) is 4.79 Å². The molecule has 0 aromatic heterocycles. The molecule has 3 nitrogen and oxygen atoms in total. The lowest BCUT2D eigenvalue weighted by Crippen LogP contribution is -2.40. The Morgan fingerprint density at radius 2 is 1.94 bits per heavy atom. The quantitative estimate of drug-likeness (QED) is 0.878. The van der Waals surface area contributed by atoms with Crippen LogP contribution in [0.15, 0.2) is 24.3 Å². The molecule has 0 aliphatic heterocycles. The van der Waals surface area contributed by atoms with Crippen molar-refractivity contribution < 1.29 is 9.53 Å². The minimum Gasteiger partial charge on any atom is -0.481 e. The van der Waals surface area contributed by atoms with Crippen LogP contribution in [0, 0.1) is 0 Å². The average molecular weight is 256 g/mol. The van der Waals surface area contributed by atoms with Crippen molar-refractivity contribution in [2.75, 3.05) is 0 Å². The van der Waals surface area contributed by atoms with E-state index in [-0.39, 0.29) is 11.9 Å². The second-order valence-corrected chi connectivity index (χ2v) is 4.47. The zero-order chi connectivity index (χ0) is 12.8. The Kier molecular flexibility index (Phi) is 5.29. The molecule has 0 saturated heterocycles. The largest absolute Gasteiger partial charge is 0.481 e. The Hall–Kier alpha value is -1.22. The molecule has 0 fully saturated rings. The number of amides is 1. The van der Waals surface area contributed by atoms with Crippen molar-refractivity contribution in [1.82, 2.24) is 5.32 Å². The molecule has 0 heterocycles. The molecule has 1 N–H and O–H groups in total. The first-order valence-corrected chi connectivity index (χ1v) is 6.13. The average Bonchev–Trinajstić information content (AvgIpc) is 2.31. The molecule has 0 spiro atoms. The predicted octanol–water partition coefficient (Wildman–Crippen LogP) is 3.02. The molecule has 4 heteroatoms. The summed E-state index contributed by atoms with van der Waals surface area (Å²) in [5.41, 5.74) is 0. The van der Waals surface area contributed by atoms with E-state index in [1.54, 1.807) is 31.2 Å². The number of carbonyl (C=O) groups excluding carboxylic acids is 1. The van der Waals surface area contributed by atoms with Gasteiger partial charge in [-0.25, -0.2) is 0 Å². The molecule has 0 radical (unpaired) electrons. The van der Waals surface area contributed by atoms with Crippen LogP contribution in [0.2, 0.25) is 5.02 Å². The van der Waals surface area contributed by atoms with Gasteiger partial charge in [0, 0.05) is 11.1 Å². The van der Waals surface area contributed by atoms with E-state index in [2.05, 4.69) is 5.32 Å². The first-order chi connectivity index (χ1) is 8.02. The number of benzene rings is 1. The highest BCUT2D eigenvalue weighted by atomic mass is 35.5. The highest BCUT2D eigenvalue weighted by Gasteiger charge is 2.15. The van der Waals surface area contributed by atoms with Crippen LogP contribution in [0.3, 0.4) is 0 Å². The minimum atomic E-state index is -0.509. The standard InChI is InChI=1S/C13H18ClNO2/c1-4-9(2)15-13(16)10(3)17-12-7-5-11(14)6-8-12/h5-10H,4H2,1-3H3,(H,15,16)/t9-,10-/m1/s1. The lowest BCUT2D eigenvalue weighted by atomic mass is 10.2. The van der Waals surface area contributed by atoms with Crippen molar-refractivity contribution in [3.8, 4) is 5.75 Å². The van der Waals surface area contributed by atoms with Crippen LogP contribution in [0.1, 0.15) is 27.2 Å². The molecule has 1 aromatic rings. The van der Waals surface area contributed by atoms with Crippen LogP contribution in [0.5, 0.6) is 5.75 Å². The third kappa shape index (κ3) is 4.65. The second kappa shape index (κ2) is 6.50. The number of hydrogen-bond acceptors (Lipinski definition) is 2. The molecule has 0 aliphatic carbocycles. The van der Waals surface area contributed by atoms with E-state index in [9.17, 15) is 4.79 Å². The predicted molar refractivity (Wildman–Crippen MR) is 69.4 cm³/mol. The number of nitrogens with one attached hydrogen (secondary N) is 1. The van der Waals surface area contributed by atoms with Gasteiger partial charge in [0.15, 0.2) is 6.10 Å². The summed E-state index contributed by atoms with van der Waals surface area (Å²) in [7, 11) is 0. The Bertz CT molecular complexity index is 364. The molecule has 0 aliphatic rings. The van der Waals surface area contributed by atoms with Crippen LogP contribution < -0.4 is 10.1 Å². The summed E-state index contributed by atoms with van der Waals surface area (Å²) in [6.07, 6.45) is 0.393. The maximum Gasteiger partial charge on any atom is 0.260 e. The van der Waals surface area contributed by atoms with Crippen molar-refractivity contribution in [3.63, 3.8) is 0 Å². The molecule has 2 atom stereocenters. The molecule has 0 unspecified atom stereocenters. The number of ether oxygens (including phenoxy) is 1.